The Labute approximate surface area is 152 Å². The molecule has 25 heavy (non-hydrogen) atoms. The van der Waals surface area contributed by atoms with Crippen molar-refractivity contribution >= 4 is 5.96 Å². The molecular formula is C20H34N4O. The van der Waals surface area contributed by atoms with E-state index in [2.05, 4.69) is 39.2 Å². The minimum absolute atomic E-state index is 0.365. The van der Waals surface area contributed by atoms with Gasteiger partial charge in [0.15, 0.2) is 5.96 Å². The molecule has 0 amide bonds. The molecule has 3 fully saturated rings. The maximum Gasteiger partial charge on any atom is 0.193 e. The van der Waals surface area contributed by atoms with Crippen molar-refractivity contribution in [2.24, 2.45) is 10.4 Å². The summed E-state index contributed by atoms with van der Waals surface area (Å²) in [6.45, 7) is 7.43. The molecule has 1 saturated heterocycles. The number of hydrogen-bond acceptors (Lipinski definition) is 3. The van der Waals surface area contributed by atoms with Gasteiger partial charge in [-0.05, 0) is 32.6 Å². The molecule has 0 radical (unpaired) electrons. The van der Waals surface area contributed by atoms with E-state index in [9.17, 15) is 0 Å². The second-order valence-corrected chi connectivity index (χ2v) is 8.18. The van der Waals surface area contributed by atoms with Gasteiger partial charge in [0, 0.05) is 57.3 Å². The summed E-state index contributed by atoms with van der Waals surface area (Å²) in [5, 5.41) is 3.84. The lowest BCUT2D eigenvalue weighted by molar-refractivity contribution is -0.126. The molecule has 4 rings (SSSR count). The van der Waals surface area contributed by atoms with Crippen molar-refractivity contribution in [1.29, 1.82) is 0 Å². The second kappa shape index (κ2) is 7.28. The number of aliphatic imine (C=N–C) groups is 1. The summed E-state index contributed by atoms with van der Waals surface area (Å²) >= 11 is 0. The molecule has 4 aliphatic rings. The van der Waals surface area contributed by atoms with E-state index >= 15 is 0 Å². The van der Waals surface area contributed by atoms with Crippen LogP contribution in [0.2, 0.25) is 0 Å². The van der Waals surface area contributed by atoms with Crippen LogP contribution in [0.15, 0.2) is 17.1 Å². The Morgan fingerprint density at radius 1 is 1.28 bits per heavy atom. The average Bonchev–Trinajstić information content (AvgIpc) is 3.38. The lowest BCUT2D eigenvalue weighted by Gasteiger charge is -2.54. The molecule has 2 aliphatic carbocycles. The van der Waals surface area contributed by atoms with Crippen molar-refractivity contribution in [3.05, 3.63) is 12.2 Å². The molecule has 2 aliphatic heterocycles. The number of guanidine groups is 1. The lowest BCUT2D eigenvalue weighted by atomic mass is 9.60. The number of nitrogens with one attached hydrogen (secondary N) is 1. The van der Waals surface area contributed by atoms with Crippen LogP contribution in [0.5, 0.6) is 0 Å². The molecule has 2 saturated carbocycles. The van der Waals surface area contributed by atoms with Crippen molar-refractivity contribution in [2.75, 3.05) is 39.8 Å². The van der Waals surface area contributed by atoms with Crippen LogP contribution >= 0.6 is 0 Å². The largest absolute Gasteiger partial charge is 0.378 e. The van der Waals surface area contributed by atoms with Crippen LogP contribution in [0.4, 0.5) is 0 Å². The maximum absolute atomic E-state index is 6.06. The van der Waals surface area contributed by atoms with Crippen molar-refractivity contribution in [3.8, 4) is 0 Å². The lowest BCUT2D eigenvalue weighted by Crippen LogP contribution is -2.65. The fourth-order valence-electron chi connectivity index (χ4n) is 5.57. The average molecular weight is 347 g/mol. The van der Waals surface area contributed by atoms with E-state index in [-0.39, 0.29) is 0 Å². The molecule has 2 heterocycles. The maximum atomic E-state index is 6.06. The summed E-state index contributed by atoms with van der Waals surface area (Å²) in [5.41, 5.74) is 0.365. The predicted octanol–water partition coefficient (Wildman–Crippen LogP) is 2.25. The van der Waals surface area contributed by atoms with E-state index in [1.807, 2.05) is 7.05 Å². The number of ether oxygens (including phenoxy) is 1. The van der Waals surface area contributed by atoms with Gasteiger partial charge in [-0.2, -0.15) is 0 Å². The smallest absolute Gasteiger partial charge is 0.193 e. The fraction of sp³-hybridized carbons (Fsp3) is 0.850. The Hall–Kier alpha value is -1.07. The molecule has 1 N–H and O–H groups in total. The first-order valence-electron chi connectivity index (χ1n) is 10.3. The zero-order valence-electron chi connectivity index (χ0n) is 15.9. The zero-order valence-corrected chi connectivity index (χ0v) is 15.9. The summed E-state index contributed by atoms with van der Waals surface area (Å²) in [6.07, 6.45) is 12.8. The summed E-state index contributed by atoms with van der Waals surface area (Å²) in [6, 6.07) is 1.21. The summed E-state index contributed by atoms with van der Waals surface area (Å²) < 4.78 is 6.06. The van der Waals surface area contributed by atoms with Gasteiger partial charge in [0.25, 0.3) is 0 Å². The molecule has 1 spiro atoms. The minimum Gasteiger partial charge on any atom is -0.378 e. The molecular weight excluding hydrogens is 312 g/mol. The topological polar surface area (TPSA) is 40.1 Å². The highest BCUT2D eigenvalue weighted by molar-refractivity contribution is 5.80. The van der Waals surface area contributed by atoms with Gasteiger partial charge in [-0.15, -0.1) is 0 Å². The Morgan fingerprint density at radius 3 is 2.72 bits per heavy atom. The van der Waals surface area contributed by atoms with Gasteiger partial charge < -0.3 is 15.0 Å². The number of rotatable bonds is 4. The van der Waals surface area contributed by atoms with Gasteiger partial charge in [-0.3, -0.25) is 9.89 Å². The molecule has 3 atom stereocenters. The Morgan fingerprint density at radius 2 is 2.04 bits per heavy atom. The van der Waals surface area contributed by atoms with E-state index in [1.165, 1.54) is 32.1 Å². The van der Waals surface area contributed by atoms with Crippen LogP contribution in [0.3, 0.4) is 0 Å². The first kappa shape index (κ1) is 17.3. The van der Waals surface area contributed by atoms with Crippen LogP contribution in [0, 0.1) is 5.41 Å². The number of nitrogens with zero attached hydrogens (tertiary/aromatic N) is 3. The SMILES string of the molecule is CCOC1CC(NC(=NC)N2CCC(N3CC=CC3)C2)C12CCCC2. The molecule has 0 aromatic carbocycles. The predicted molar refractivity (Wildman–Crippen MR) is 102 cm³/mol. The number of hydrogen-bond donors (Lipinski definition) is 1. The number of likely N-dealkylation sites (tertiary alicyclic amines) is 1. The van der Waals surface area contributed by atoms with Crippen molar-refractivity contribution < 1.29 is 4.74 Å². The summed E-state index contributed by atoms with van der Waals surface area (Å²) in [5.74, 6) is 1.11. The van der Waals surface area contributed by atoms with Gasteiger partial charge in [0.2, 0.25) is 0 Å². The summed E-state index contributed by atoms with van der Waals surface area (Å²) in [4.78, 5) is 9.69. The van der Waals surface area contributed by atoms with Crippen LogP contribution in [-0.4, -0.2) is 73.8 Å². The highest BCUT2D eigenvalue weighted by Gasteiger charge is 2.57. The van der Waals surface area contributed by atoms with E-state index in [0.29, 0.717) is 23.6 Å². The fourth-order valence-corrected chi connectivity index (χ4v) is 5.57. The Kier molecular flexibility index (Phi) is 5.05. The minimum atomic E-state index is 0.365. The van der Waals surface area contributed by atoms with Crippen LogP contribution in [0.1, 0.15) is 45.4 Å². The van der Waals surface area contributed by atoms with Crippen molar-refractivity contribution in [2.45, 2.75) is 63.6 Å². The van der Waals surface area contributed by atoms with Crippen LogP contribution in [0.25, 0.3) is 0 Å². The highest BCUT2D eigenvalue weighted by Crippen LogP contribution is 2.54. The second-order valence-electron chi connectivity index (χ2n) is 8.18. The molecule has 0 aromatic heterocycles. The van der Waals surface area contributed by atoms with E-state index < -0.39 is 0 Å². The third-order valence-corrected chi connectivity index (χ3v) is 7.03. The quantitative estimate of drug-likeness (QED) is 0.481. The molecule has 5 heteroatoms. The van der Waals surface area contributed by atoms with E-state index in [1.54, 1.807) is 0 Å². The van der Waals surface area contributed by atoms with Gasteiger partial charge >= 0.3 is 0 Å². The van der Waals surface area contributed by atoms with Gasteiger partial charge in [-0.25, -0.2) is 0 Å². The Bertz CT molecular complexity index is 518. The molecule has 140 valence electrons. The van der Waals surface area contributed by atoms with E-state index in [4.69, 9.17) is 4.74 Å². The van der Waals surface area contributed by atoms with Crippen LogP contribution in [-0.2, 0) is 4.74 Å². The molecule has 5 nitrogen and oxygen atoms in total. The highest BCUT2D eigenvalue weighted by atomic mass is 16.5. The molecule has 0 aromatic rings. The van der Waals surface area contributed by atoms with E-state index in [0.717, 1.165) is 45.2 Å². The zero-order chi connectivity index (χ0) is 17.3. The van der Waals surface area contributed by atoms with Gasteiger partial charge in [-0.1, -0.05) is 25.0 Å². The first-order valence-corrected chi connectivity index (χ1v) is 10.3. The van der Waals surface area contributed by atoms with Crippen molar-refractivity contribution in [1.82, 2.24) is 15.1 Å². The Balaban J connectivity index is 1.36. The van der Waals surface area contributed by atoms with Gasteiger partial charge in [0.1, 0.15) is 0 Å². The standard InChI is InChI=1S/C20H34N4O/c1-3-25-18-14-17(20(18)9-4-5-10-20)22-19(21-2)24-13-8-16(15-24)23-11-6-7-12-23/h6-7,16-18H,3-5,8-15H2,1-2H3,(H,21,22). The monoisotopic (exact) mass is 346 g/mol. The van der Waals surface area contributed by atoms with Crippen molar-refractivity contribution in [3.63, 3.8) is 0 Å². The van der Waals surface area contributed by atoms with Crippen LogP contribution < -0.4 is 5.32 Å². The third kappa shape index (κ3) is 3.10. The normalized spacial score (nSPS) is 34.9. The van der Waals surface area contributed by atoms with Gasteiger partial charge in [0.05, 0.1) is 6.10 Å². The third-order valence-electron chi connectivity index (χ3n) is 7.03. The molecule has 0 bridgehead atoms. The molecule has 3 unspecified atom stereocenters. The summed E-state index contributed by atoms with van der Waals surface area (Å²) in [7, 11) is 1.94. The first-order chi connectivity index (χ1) is 12.3.